The Hall–Kier alpha value is -1.67. The van der Waals surface area contributed by atoms with Crippen molar-refractivity contribution in [2.75, 3.05) is 38.7 Å². The molecule has 1 N–H and O–H groups in total. The highest BCUT2D eigenvalue weighted by molar-refractivity contribution is 7.84. The summed E-state index contributed by atoms with van der Waals surface area (Å²) in [5, 5.41) is 0. The Morgan fingerprint density at radius 2 is 2.17 bits per heavy atom. The zero-order valence-corrected chi connectivity index (χ0v) is 14.0. The second kappa shape index (κ2) is 8.83. The highest BCUT2D eigenvalue weighted by Crippen LogP contribution is 2.06. The number of H-pyrrole nitrogens is 1. The van der Waals surface area contributed by atoms with Crippen LogP contribution in [0.3, 0.4) is 0 Å². The number of aromatic amines is 1. The molecule has 0 aromatic carbocycles. The number of nitrogens with one attached hydrogen (secondary N) is 1. The molecule has 128 valence electrons. The summed E-state index contributed by atoms with van der Waals surface area (Å²) in [6.45, 7) is 4.54. The van der Waals surface area contributed by atoms with Gasteiger partial charge >= 0.3 is 0 Å². The number of pyridine rings is 1. The summed E-state index contributed by atoms with van der Waals surface area (Å²) in [5.74, 6) is 0.206. The van der Waals surface area contributed by atoms with E-state index in [1.165, 1.54) is 12.3 Å². The Balaban J connectivity index is 1.88. The summed E-state index contributed by atoms with van der Waals surface area (Å²) >= 11 is 0. The summed E-state index contributed by atoms with van der Waals surface area (Å²) in [6, 6.07) is 1.38. The van der Waals surface area contributed by atoms with Crippen LogP contribution in [-0.2, 0) is 26.1 Å². The average molecular weight is 342 g/mol. The fraction of sp³-hybridized carbons (Fsp3) is 0.600. The molecule has 0 saturated carbocycles. The fourth-order valence-corrected chi connectivity index (χ4v) is 3.25. The van der Waals surface area contributed by atoms with Gasteiger partial charge in [0.25, 0.3) is 0 Å². The van der Waals surface area contributed by atoms with Crippen molar-refractivity contribution in [2.24, 2.45) is 0 Å². The van der Waals surface area contributed by atoms with Gasteiger partial charge in [0.15, 0.2) is 5.75 Å². The normalized spacial score (nSPS) is 16.1. The monoisotopic (exact) mass is 342 g/mol. The lowest BCUT2D eigenvalue weighted by Crippen LogP contribution is -2.42. The van der Waals surface area contributed by atoms with Crippen molar-refractivity contribution in [3.8, 4) is 5.75 Å². The zero-order valence-electron chi connectivity index (χ0n) is 13.2. The van der Waals surface area contributed by atoms with Crippen LogP contribution in [0.4, 0.5) is 0 Å². The first-order chi connectivity index (χ1) is 11.1. The number of hydrogen-bond donors (Lipinski definition) is 1. The summed E-state index contributed by atoms with van der Waals surface area (Å²) in [4.78, 5) is 28.5. The number of carbonyl (C=O) groups is 1. The van der Waals surface area contributed by atoms with E-state index in [1.54, 1.807) is 4.90 Å². The van der Waals surface area contributed by atoms with Crippen LogP contribution in [0.25, 0.3) is 0 Å². The molecule has 1 aliphatic rings. The zero-order chi connectivity index (χ0) is 16.7. The predicted molar refractivity (Wildman–Crippen MR) is 87.0 cm³/mol. The second-order valence-electron chi connectivity index (χ2n) is 5.26. The minimum absolute atomic E-state index is 0.0455. The molecule has 1 aromatic rings. The third kappa shape index (κ3) is 5.47. The van der Waals surface area contributed by atoms with Gasteiger partial charge in [0, 0.05) is 41.8 Å². The maximum atomic E-state index is 12.1. The Kier molecular flexibility index (Phi) is 6.79. The third-order valence-corrected chi connectivity index (χ3v) is 4.57. The van der Waals surface area contributed by atoms with Crippen LogP contribution in [0, 0.1) is 0 Å². The highest BCUT2D eigenvalue weighted by Gasteiger charge is 2.19. The number of hydrogen-bond acceptors (Lipinski definition) is 5. The molecule has 0 spiro atoms. The average Bonchev–Trinajstić information content (AvgIpc) is 2.55. The van der Waals surface area contributed by atoms with Crippen LogP contribution in [0.15, 0.2) is 17.1 Å². The van der Waals surface area contributed by atoms with Crippen LogP contribution in [0.5, 0.6) is 5.75 Å². The Morgan fingerprint density at radius 3 is 2.83 bits per heavy atom. The molecular weight excluding hydrogens is 320 g/mol. The van der Waals surface area contributed by atoms with Crippen molar-refractivity contribution in [2.45, 2.75) is 19.1 Å². The molecular formula is C15H22N2O5S. The molecule has 2 rings (SSSR count). The van der Waals surface area contributed by atoms with Gasteiger partial charge < -0.3 is 19.4 Å². The van der Waals surface area contributed by atoms with Crippen molar-refractivity contribution in [1.82, 2.24) is 9.88 Å². The number of aromatic nitrogens is 1. The number of amides is 1. The molecule has 1 unspecified atom stereocenters. The van der Waals surface area contributed by atoms with Crippen LogP contribution in [-0.4, -0.2) is 58.7 Å². The molecule has 1 aliphatic heterocycles. The smallest absolute Gasteiger partial charge is 0.235 e. The van der Waals surface area contributed by atoms with Gasteiger partial charge in [-0.25, -0.2) is 0 Å². The van der Waals surface area contributed by atoms with E-state index in [0.29, 0.717) is 38.6 Å². The SMILES string of the molecule is CCCOc1c[nH]c(CS(=O)CC(=O)N2CCOCC2)cc1=O. The van der Waals surface area contributed by atoms with Gasteiger partial charge in [0.1, 0.15) is 5.75 Å². The van der Waals surface area contributed by atoms with E-state index >= 15 is 0 Å². The minimum atomic E-state index is -1.37. The lowest BCUT2D eigenvalue weighted by Gasteiger charge is -2.26. The maximum absolute atomic E-state index is 12.1. The number of carbonyl (C=O) groups excluding carboxylic acids is 1. The Bertz CT molecular complexity index is 610. The van der Waals surface area contributed by atoms with Crippen molar-refractivity contribution in [3.05, 3.63) is 28.2 Å². The molecule has 2 heterocycles. The van der Waals surface area contributed by atoms with Gasteiger partial charge in [-0.15, -0.1) is 0 Å². The van der Waals surface area contributed by atoms with Gasteiger partial charge in [-0.3, -0.25) is 13.8 Å². The van der Waals surface area contributed by atoms with E-state index in [-0.39, 0.29) is 28.6 Å². The van der Waals surface area contributed by atoms with Gasteiger partial charge in [0.2, 0.25) is 11.3 Å². The second-order valence-corrected chi connectivity index (χ2v) is 6.71. The molecule has 1 aromatic heterocycles. The Morgan fingerprint density at radius 1 is 1.43 bits per heavy atom. The summed E-state index contributed by atoms with van der Waals surface area (Å²) in [7, 11) is -1.37. The van der Waals surface area contributed by atoms with Crippen LogP contribution in [0.2, 0.25) is 0 Å². The first kappa shape index (κ1) is 17.7. The van der Waals surface area contributed by atoms with Crippen LogP contribution >= 0.6 is 0 Å². The van der Waals surface area contributed by atoms with E-state index in [0.717, 1.165) is 6.42 Å². The first-order valence-corrected chi connectivity index (χ1v) is 9.14. The molecule has 8 heteroatoms. The lowest BCUT2D eigenvalue weighted by molar-refractivity contribution is -0.132. The van der Waals surface area contributed by atoms with Crippen LogP contribution in [0.1, 0.15) is 19.0 Å². The molecule has 1 amide bonds. The molecule has 1 fully saturated rings. The lowest BCUT2D eigenvalue weighted by atomic mass is 10.3. The Labute approximate surface area is 137 Å². The molecule has 1 saturated heterocycles. The first-order valence-electron chi connectivity index (χ1n) is 7.65. The number of rotatable bonds is 7. The number of nitrogens with zero attached hydrogens (tertiary/aromatic N) is 1. The van der Waals surface area contributed by atoms with Crippen molar-refractivity contribution >= 4 is 16.7 Å². The predicted octanol–water partition coefficient (Wildman–Crippen LogP) is 0.271. The van der Waals surface area contributed by atoms with Gasteiger partial charge in [-0.1, -0.05) is 6.92 Å². The number of ether oxygens (including phenoxy) is 2. The molecule has 0 radical (unpaired) electrons. The summed E-state index contributed by atoms with van der Waals surface area (Å²) in [6.07, 6.45) is 2.29. The molecule has 1 atom stereocenters. The summed E-state index contributed by atoms with van der Waals surface area (Å²) in [5.41, 5.74) is 0.288. The fourth-order valence-electron chi connectivity index (χ4n) is 2.17. The highest BCUT2D eigenvalue weighted by atomic mass is 32.2. The topological polar surface area (TPSA) is 88.7 Å². The maximum Gasteiger partial charge on any atom is 0.235 e. The van der Waals surface area contributed by atoms with Crippen molar-refractivity contribution in [3.63, 3.8) is 0 Å². The van der Waals surface area contributed by atoms with E-state index in [4.69, 9.17) is 9.47 Å². The summed E-state index contributed by atoms with van der Waals surface area (Å²) < 4.78 is 22.6. The van der Waals surface area contributed by atoms with Crippen molar-refractivity contribution in [1.29, 1.82) is 0 Å². The number of morpholine rings is 1. The minimum Gasteiger partial charge on any atom is -0.488 e. The van der Waals surface area contributed by atoms with Crippen molar-refractivity contribution < 1.29 is 18.5 Å². The van der Waals surface area contributed by atoms with Gasteiger partial charge in [0.05, 0.1) is 25.6 Å². The van der Waals surface area contributed by atoms with E-state index < -0.39 is 10.8 Å². The van der Waals surface area contributed by atoms with Gasteiger partial charge in [-0.05, 0) is 6.42 Å². The molecule has 7 nitrogen and oxygen atoms in total. The molecule has 0 bridgehead atoms. The van der Waals surface area contributed by atoms with E-state index in [2.05, 4.69) is 4.98 Å². The van der Waals surface area contributed by atoms with E-state index in [9.17, 15) is 13.8 Å². The molecule has 23 heavy (non-hydrogen) atoms. The third-order valence-electron chi connectivity index (χ3n) is 3.36. The van der Waals surface area contributed by atoms with Crippen LogP contribution < -0.4 is 10.2 Å². The standard InChI is InChI=1S/C15H22N2O5S/c1-2-5-22-14-9-16-12(8-13(14)18)10-23(20)11-15(19)17-3-6-21-7-4-17/h8-9H,2-7,10-11H2,1H3,(H,16,18). The largest absolute Gasteiger partial charge is 0.488 e. The van der Waals surface area contributed by atoms with Gasteiger partial charge in [-0.2, -0.15) is 0 Å². The quantitative estimate of drug-likeness (QED) is 0.768. The molecule has 0 aliphatic carbocycles. The van der Waals surface area contributed by atoms with E-state index in [1.807, 2.05) is 6.92 Å².